The van der Waals surface area contributed by atoms with E-state index in [4.69, 9.17) is 11.6 Å². The van der Waals surface area contributed by atoms with Crippen molar-refractivity contribution in [1.82, 2.24) is 29.5 Å². The van der Waals surface area contributed by atoms with Crippen molar-refractivity contribution in [2.45, 2.75) is 32.8 Å². The van der Waals surface area contributed by atoms with Crippen LogP contribution in [0.3, 0.4) is 0 Å². The Bertz CT molecular complexity index is 1050. The summed E-state index contributed by atoms with van der Waals surface area (Å²) < 4.78 is 1.94. The molecule has 0 amide bonds. The van der Waals surface area contributed by atoms with Gasteiger partial charge in [-0.3, -0.25) is 4.57 Å². The lowest BCUT2D eigenvalue weighted by atomic mass is 10.2. The van der Waals surface area contributed by atoms with Crippen molar-refractivity contribution in [1.29, 1.82) is 0 Å². The predicted octanol–water partition coefficient (Wildman–Crippen LogP) is 3.63. The van der Waals surface area contributed by atoms with Crippen LogP contribution in [0.2, 0.25) is 5.15 Å². The van der Waals surface area contributed by atoms with Gasteiger partial charge in [-0.25, -0.2) is 15.0 Å². The second kappa shape index (κ2) is 6.93. The standard InChI is InChI=1S/C18H19ClN6O/c1-2-3-4-14-23-16(17(19)24-14)18-20-7-8-25(18)11-5-6-12-13(9-11)22-15(10-26)21-12/h5-9,26H,2-4,10H2,1H3,(H,21,22)(H,23,24). The average molecular weight is 371 g/mol. The van der Waals surface area contributed by atoms with Gasteiger partial charge in [0.2, 0.25) is 0 Å². The van der Waals surface area contributed by atoms with Crippen LogP contribution in [0.15, 0.2) is 30.6 Å². The van der Waals surface area contributed by atoms with Gasteiger partial charge in [-0.1, -0.05) is 24.9 Å². The number of hydrogen-bond acceptors (Lipinski definition) is 4. The molecule has 3 heterocycles. The maximum Gasteiger partial charge on any atom is 0.166 e. The zero-order chi connectivity index (χ0) is 18.1. The van der Waals surface area contributed by atoms with Crippen molar-refractivity contribution in [2.75, 3.05) is 0 Å². The third-order valence-electron chi connectivity index (χ3n) is 4.27. The lowest BCUT2D eigenvalue weighted by molar-refractivity contribution is 0.273. The van der Waals surface area contributed by atoms with E-state index in [1.165, 1.54) is 0 Å². The summed E-state index contributed by atoms with van der Waals surface area (Å²) in [5.74, 6) is 2.09. The SMILES string of the molecule is CCCCc1nc(-c2nccn2-c2ccc3nc(CO)[nH]c3c2)c(Cl)[nH]1. The molecule has 134 valence electrons. The first-order chi connectivity index (χ1) is 12.7. The molecule has 0 unspecified atom stereocenters. The van der Waals surface area contributed by atoms with Crippen molar-refractivity contribution < 1.29 is 5.11 Å². The van der Waals surface area contributed by atoms with Crippen LogP contribution in [-0.2, 0) is 13.0 Å². The number of aromatic nitrogens is 6. The molecule has 0 bridgehead atoms. The summed E-state index contributed by atoms with van der Waals surface area (Å²) in [6, 6.07) is 5.82. The highest BCUT2D eigenvalue weighted by Crippen LogP contribution is 2.28. The molecule has 0 spiro atoms. The molecule has 0 atom stereocenters. The number of hydrogen-bond donors (Lipinski definition) is 3. The highest BCUT2D eigenvalue weighted by atomic mass is 35.5. The largest absolute Gasteiger partial charge is 0.388 e. The molecular formula is C18H19ClN6O. The fourth-order valence-corrected chi connectivity index (χ4v) is 3.21. The third kappa shape index (κ3) is 3.00. The number of imidazole rings is 3. The van der Waals surface area contributed by atoms with Crippen molar-refractivity contribution >= 4 is 22.6 Å². The lowest BCUT2D eigenvalue weighted by Gasteiger charge is -2.06. The van der Waals surface area contributed by atoms with Crippen LogP contribution in [0.5, 0.6) is 0 Å². The fraction of sp³-hybridized carbons (Fsp3) is 0.278. The zero-order valence-electron chi connectivity index (χ0n) is 14.3. The molecule has 0 fully saturated rings. The minimum absolute atomic E-state index is 0.121. The summed E-state index contributed by atoms with van der Waals surface area (Å²) in [6.45, 7) is 2.02. The van der Waals surface area contributed by atoms with Crippen molar-refractivity contribution in [3.05, 3.63) is 47.4 Å². The van der Waals surface area contributed by atoms with Crippen LogP contribution in [0, 0.1) is 0 Å². The summed E-state index contributed by atoms with van der Waals surface area (Å²) >= 11 is 6.38. The maximum absolute atomic E-state index is 9.24. The maximum atomic E-state index is 9.24. The van der Waals surface area contributed by atoms with Crippen molar-refractivity contribution in [3.63, 3.8) is 0 Å². The molecule has 0 saturated carbocycles. The van der Waals surface area contributed by atoms with E-state index < -0.39 is 0 Å². The van der Waals surface area contributed by atoms with Crippen LogP contribution in [0.4, 0.5) is 0 Å². The highest BCUT2D eigenvalue weighted by molar-refractivity contribution is 6.31. The number of aliphatic hydroxyl groups is 1. The Balaban J connectivity index is 1.74. The van der Waals surface area contributed by atoms with E-state index in [1.807, 2.05) is 29.0 Å². The molecule has 0 aliphatic carbocycles. The molecule has 26 heavy (non-hydrogen) atoms. The van der Waals surface area contributed by atoms with Crippen LogP contribution in [0.1, 0.15) is 31.4 Å². The number of aryl methyl sites for hydroxylation is 1. The monoisotopic (exact) mass is 370 g/mol. The van der Waals surface area contributed by atoms with Gasteiger partial charge in [-0.05, 0) is 24.6 Å². The smallest absolute Gasteiger partial charge is 0.166 e. The van der Waals surface area contributed by atoms with Crippen LogP contribution in [0.25, 0.3) is 28.2 Å². The van der Waals surface area contributed by atoms with Gasteiger partial charge in [0.1, 0.15) is 29.1 Å². The molecule has 0 saturated heterocycles. The summed E-state index contributed by atoms with van der Waals surface area (Å²) in [5.41, 5.74) is 3.21. The summed E-state index contributed by atoms with van der Waals surface area (Å²) in [5, 5.41) is 9.74. The normalized spacial score (nSPS) is 11.5. The number of fused-ring (bicyclic) bond motifs is 1. The molecule has 3 N–H and O–H groups in total. The summed E-state index contributed by atoms with van der Waals surface area (Å²) in [7, 11) is 0. The molecule has 0 aliphatic heterocycles. The van der Waals surface area contributed by atoms with Gasteiger partial charge in [0.25, 0.3) is 0 Å². The first-order valence-electron chi connectivity index (χ1n) is 8.57. The Morgan fingerprint density at radius 3 is 2.88 bits per heavy atom. The van der Waals surface area contributed by atoms with E-state index in [-0.39, 0.29) is 6.61 Å². The Kier molecular flexibility index (Phi) is 4.48. The van der Waals surface area contributed by atoms with Gasteiger partial charge in [-0.15, -0.1) is 0 Å². The Labute approximate surface area is 155 Å². The number of benzene rings is 1. The Hall–Kier alpha value is -2.64. The van der Waals surface area contributed by atoms with Gasteiger partial charge in [0.05, 0.1) is 11.0 Å². The van der Waals surface area contributed by atoms with E-state index in [2.05, 4.69) is 31.8 Å². The average Bonchev–Trinajstić information content (AvgIpc) is 3.36. The number of H-pyrrole nitrogens is 2. The number of nitrogens with zero attached hydrogens (tertiary/aromatic N) is 4. The van der Waals surface area contributed by atoms with E-state index in [0.29, 0.717) is 22.5 Å². The fourth-order valence-electron chi connectivity index (χ4n) is 2.97. The Morgan fingerprint density at radius 1 is 1.19 bits per heavy atom. The second-order valence-electron chi connectivity index (χ2n) is 6.11. The first kappa shape index (κ1) is 16.8. The van der Waals surface area contributed by atoms with Crippen LogP contribution in [-0.4, -0.2) is 34.6 Å². The summed E-state index contributed by atoms with van der Waals surface area (Å²) in [6.07, 6.45) is 6.61. The molecule has 1 aromatic carbocycles. The molecule has 3 aromatic heterocycles. The number of rotatable bonds is 6. The molecule has 0 aliphatic rings. The lowest BCUT2D eigenvalue weighted by Crippen LogP contribution is -1.97. The first-order valence-corrected chi connectivity index (χ1v) is 8.95. The minimum atomic E-state index is -0.121. The van der Waals surface area contributed by atoms with E-state index in [1.54, 1.807) is 6.20 Å². The van der Waals surface area contributed by atoms with Gasteiger partial charge in [0.15, 0.2) is 5.82 Å². The quantitative estimate of drug-likeness (QED) is 0.483. The zero-order valence-corrected chi connectivity index (χ0v) is 15.1. The Morgan fingerprint density at radius 2 is 2.08 bits per heavy atom. The molecule has 7 nitrogen and oxygen atoms in total. The number of aromatic amines is 2. The molecule has 0 radical (unpaired) electrons. The van der Waals surface area contributed by atoms with Gasteiger partial charge >= 0.3 is 0 Å². The minimum Gasteiger partial charge on any atom is -0.388 e. The van der Waals surface area contributed by atoms with Crippen LogP contribution >= 0.6 is 11.6 Å². The molecule has 4 aromatic rings. The molecule has 8 heteroatoms. The number of unbranched alkanes of at least 4 members (excludes halogenated alkanes) is 1. The van der Waals surface area contributed by atoms with Gasteiger partial charge < -0.3 is 15.1 Å². The van der Waals surface area contributed by atoms with E-state index in [9.17, 15) is 5.11 Å². The number of aliphatic hydroxyl groups excluding tert-OH is 1. The third-order valence-corrected chi connectivity index (χ3v) is 4.54. The topological polar surface area (TPSA) is 95.4 Å². The van der Waals surface area contributed by atoms with Crippen molar-refractivity contribution in [2.24, 2.45) is 0 Å². The van der Waals surface area contributed by atoms with Gasteiger partial charge in [0, 0.05) is 24.5 Å². The van der Waals surface area contributed by atoms with Crippen LogP contribution < -0.4 is 0 Å². The van der Waals surface area contributed by atoms with Crippen molar-refractivity contribution in [3.8, 4) is 17.2 Å². The molecular weight excluding hydrogens is 352 g/mol. The van der Waals surface area contributed by atoms with E-state index >= 15 is 0 Å². The predicted molar refractivity (Wildman–Crippen MR) is 100 cm³/mol. The molecule has 4 rings (SSSR count). The highest BCUT2D eigenvalue weighted by Gasteiger charge is 2.17. The number of halogens is 1. The van der Waals surface area contributed by atoms with E-state index in [0.717, 1.165) is 41.8 Å². The number of nitrogens with one attached hydrogen (secondary N) is 2. The summed E-state index contributed by atoms with van der Waals surface area (Å²) in [4.78, 5) is 19.6. The van der Waals surface area contributed by atoms with Gasteiger partial charge in [-0.2, -0.15) is 0 Å². The second-order valence-corrected chi connectivity index (χ2v) is 6.49.